The number of benzene rings is 1. The van der Waals surface area contributed by atoms with Crippen LogP contribution in [0.2, 0.25) is 0 Å². The first-order chi connectivity index (χ1) is 8.10. The van der Waals surface area contributed by atoms with E-state index in [1.54, 1.807) is 26.1 Å². The molecule has 0 aliphatic carbocycles. The summed E-state index contributed by atoms with van der Waals surface area (Å²) in [6, 6.07) is 6.07. The van der Waals surface area contributed by atoms with Crippen LogP contribution in [0, 0.1) is 17.1 Å². The second-order valence-electron chi connectivity index (χ2n) is 3.41. The SMILES string of the molecule is CCOC(=O)CN(C)c1cccc(F)c1C#N. The number of carbonyl (C=O) groups excluding carboxylic acids is 1. The quantitative estimate of drug-likeness (QED) is 0.746. The van der Waals surface area contributed by atoms with Gasteiger partial charge >= 0.3 is 5.97 Å². The lowest BCUT2D eigenvalue weighted by atomic mass is 10.1. The van der Waals surface area contributed by atoms with E-state index in [2.05, 4.69) is 0 Å². The third-order valence-electron chi connectivity index (χ3n) is 2.19. The summed E-state index contributed by atoms with van der Waals surface area (Å²) in [5.74, 6) is -1.01. The summed E-state index contributed by atoms with van der Waals surface area (Å²) in [6.45, 7) is 1.98. The number of halogens is 1. The number of carbonyl (C=O) groups is 1. The minimum absolute atomic E-state index is 0.0219. The molecule has 4 nitrogen and oxygen atoms in total. The molecule has 0 heterocycles. The molecule has 0 unspecified atom stereocenters. The van der Waals surface area contributed by atoms with Gasteiger partial charge < -0.3 is 9.64 Å². The van der Waals surface area contributed by atoms with E-state index in [1.807, 2.05) is 0 Å². The predicted octanol–water partition coefficient (Wildman–Crippen LogP) is 1.70. The lowest BCUT2D eigenvalue weighted by molar-refractivity contribution is -0.141. The zero-order valence-corrected chi connectivity index (χ0v) is 9.74. The number of hydrogen-bond donors (Lipinski definition) is 0. The Hall–Kier alpha value is -2.09. The van der Waals surface area contributed by atoms with E-state index in [4.69, 9.17) is 10.00 Å². The van der Waals surface area contributed by atoms with Crippen LogP contribution in [0.25, 0.3) is 0 Å². The molecule has 5 heteroatoms. The molecule has 0 amide bonds. The summed E-state index contributed by atoms with van der Waals surface area (Å²) < 4.78 is 18.1. The van der Waals surface area contributed by atoms with Crippen molar-refractivity contribution in [1.29, 1.82) is 5.26 Å². The van der Waals surface area contributed by atoms with E-state index in [0.717, 1.165) is 0 Å². The maximum atomic E-state index is 13.3. The molecule has 0 fully saturated rings. The van der Waals surface area contributed by atoms with Gasteiger partial charge in [-0.05, 0) is 19.1 Å². The Kier molecular flexibility index (Phi) is 4.46. The van der Waals surface area contributed by atoms with Gasteiger partial charge in [0.1, 0.15) is 24.0 Å². The molecule has 1 aromatic carbocycles. The fraction of sp³-hybridized carbons (Fsp3) is 0.333. The third-order valence-corrected chi connectivity index (χ3v) is 2.19. The Balaban J connectivity index is 2.90. The van der Waals surface area contributed by atoms with Gasteiger partial charge in [0, 0.05) is 7.05 Å². The number of ether oxygens (including phenoxy) is 1. The number of rotatable bonds is 4. The van der Waals surface area contributed by atoms with Crippen LogP contribution in [0.15, 0.2) is 18.2 Å². The summed E-state index contributed by atoms with van der Waals surface area (Å²) in [5.41, 5.74) is 0.305. The molecule has 90 valence electrons. The average molecular weight is 236 g/mol. The van der Waals surface area contributed by atoms with Crippen LogP contribution in [-0.4, -0.2) is 26.2 Å². The minimum atomic E-state index is -0.597. The van der Waals surface area contributed by atoms with Gasteiger partial charge in [0.2, 0.25) is 0 Å². The molecule has 0 saturated carbocycles. The summed E-state index contributed by atoms with van der Waals surface area (Å²) in [7, 11) is 1.60. The highest BCUT2D eigenvalue weighted by Gasteiger charge is 2.14. The van der Waals surface area contributed by atoms with Crippen LogP contribution in [0.5, 0.6) is 0 Å². The fourth-order valence-corrected chi connectivity index (χ4v) is 1.43. The molecule has 0 spiro atoms. The highest BCUT2D eigenvalue weighted by atomic mass is 19.1. The Labute approximate surface area is 99.2 Å². The van der Waals surface area contributed by atoms with Crippen LogP contribution < -0.4 is 4.90 Å². The Morgan fingerprint density at radius 3 is 2.88 bits per heavy atom. The molecule has 0 aromatic heterocycles. The van der Waals surface area contributed by atoms with Crippen LogP contribution in [-0.2, 0) is 9.53 Å². The van der Waals surface area contributed by atoms with Crippen molar-refractivity contribution in [2.45, 2.75) is 6.92 Å². The molecule has 0 radical (unpaired) electrons. The summed E-state index contributed by atoms with van der Waals surface area (Å²) in [5, 5.41) is 8.85. The highest BCUT2D eigenvalue weighted by Crippen LogP contribution is 2.21. The molecular weight excluding hydrogens is 223 g/mol. The van der Waals surface area contributed by atoms with Crippen molar-refractivity contribution in [1.82, 2.24) is 0 Å². The number of anilines is 1. The molecule has 0 saturated heterocycles. The standard InChI is InChI=1S/C12H13FN2O2/c1-3-17-12(16)8-15(2)11-6-4-5-10(13)9(11)7-14/h4-6H,3,8H2,1-2H3. The first-order valence-electron chi connectivity index (χ1n) is 5.15. The topological polar surface area (TPSA) is 53.3 Å². The van der Waals surface area contributed by atoms with E-state index >= 15 is 0 Å². The molecule has 17 heavy (non-hydrogen) atoms. The highest BCUT2D eigenvalue weighted by molar-refractivity contribution is 5.76. The molecule has 1 rings (SSSR count). The average Bonchev–Trinajstić information content (AvgIpc) is 2.28. The van der Waals surface area contributed by atoms with Gasteiger partial charge in [0.25, 0.3) is 0 Å². The molecule has 0 N–H and O–H groups in total. The molecule has 0 atom stereocenters. The Morgan fingerprint density at radius 2 is 2.29 bits per heavy atom. The number of nitrogens with zero attached hydrogens (tertiary/aromatic N) is 2. The Bertz CT molecular complexity index is 454. The van der Waals surface area contributed by atoms with Crippen molar-refractivity contribution in [3.8, 4) is 6.07 Å². The number of esters is 1. The smallest absolute Gasteiger partial charge is 0.325 e. The minimum Gasteiger partial charge on any atom is -0.465 e. The normalized spacial score (nSPS) is 9.53. The van der Waals surface area contributed by atoms with E-state index < -0.39 is 11.8 Å². The van der Waals surface area contributed by atoms with Crippen LogP contribution in [0.1, 0.15) is 12.5 Å². The van der Waals surface area contributed by atoms with Gasteiger partial charge in [-0.2, -0.15) is 5.26 Å². The summed E-state index contributed by atoms with van der Waals surface area (Å²) >= 11 is 0. The van der Waals surface area contributed by atoms with Crippen molar-refractivity contribution >= 4 is 11.7 Å². The van der Waals surface area contributed by atoms with Crippen LogP contribution in [0.3, 0.4) is 0 Å². The maximum absolute atomic E-state index is 13.3. The van der Waals surface area contributed by atoms with Crippen molar-refractivity contribution in [3.63, 3.8) is 0 Å². The zero-order valence-electron chi connectivity index (χ0n) is 9.74. The van der Waals surface area contributed by atoms with Gasteiger partial charge in [-0.3, -0.25) is 4.79 Å². The lowest BCUT2D eigenvalue weighted by Crippen LogP contribution is -2.27. The second-order valence-corrected chi connectivity index (χ2v) is 3.41. The van der Waals surface area contributed by atoms with Gasteiger partial charge in [-0.1, -0.05) is 6.07 Å². The van der Waals surface area contributed by atoms with Crippen molar-refractivity contribution in [3.05, 3.63) is 29.6 Å². The molecular formula is C12H13FN2O2. The molecule has 0 aliphatic rings. The van der Waals surface area contributed by atoms with E-state index in [0.29, 0.717) is 12.3 Å². The largest absolute Gasteiger partial charge is 0.465 e. The fourth-order valence-electron chi connectivity index (χ4n) is 1.43. The number of nitriles is 1. The van der Waals surface area contributed by atoms with Crippen LogP contribution >= 0.6 is 0 Å². The lowest BCUT2D eigenvalue weighted by Gasteiger charge is -2.19. The molecule has 0 aliphatic heterocycles. The van der Waals surface area contributed by atoms with Crippen molar-refractivity contribution < 1.29 is 13.9 Å². The number of likely N-dealkylation sites (N-methyl/N-ethyl adjacent to an activating group) is 1. The third kappa shape index (κ3) is 3.18. The maximum Gasteiger partial charge on any atom is 0.325 e. The van der Waals surface area contributed by atoms with Gasteiger partial charge in [-0.15, -0.1) is 0 Å². The molecule has 0 bridgehead atoms. The zero-order chi connectivity index (χ0) is 12.8. The number of hydrogen-bond acceptors (Lipinski definition) is 4. The predicted molar refractivity (Wildman–Crippen MR) is 61.0 cm³/mol. The first-order valence-corrected chi connectivity index (χ1v) is 5.15. The van der Waals surface area contributed by atoms with E-state index in [9.17, 15) is 9.18 Å². The van der Waals surface area contributed by atoms with E-state index in [1.165, 1.54) is 17.0 Å². The van der Waals surface area contributed by atoms with Crippen molar-refractivity contribution in [2.75, 3.05) is 25.1 Å². The van der Waals surface area contributed by atoms with Gasteiger partial charge in [-0.25, -0.2) is 4.39 Å². The summed E-state index contributed by atoms with van der Waals surface area (Å²) in [4.78, 5) is 12.8. The first kappa shape index (κ1) is 13.0. The Morgan fingerprint density at radius 1 is 1.59 bits per heavy atom. The van der Waals surface area contributed by atoms with Gasteiger partial charge in [0.15, 0.2) is 0 Å². The second kappa shape index (κ2) is 5.85. The van der Waals surface area contributed by atoms with Crippen LogP contribution in [0.4, 0.5) is 10.1 Å². The monoisotopic (exact) mass is 236 g/mol. The summed E-state index contributed by atoms with van der Waals surface area (Å²) in [6.07, 6.45) is 0. The van der Waals surface area contributed by atoms with Gasteiger partial charge in [0.05, 0.1) is 12.3 Å². The van der Waals surface area contributed by atoms with Crippen molar-refractivity contribution in [2.24, 2.45) is 0 Å². The molecule has 1 aromatic rings. The van der Waals surface area contributed by atoms with E-state index in [-0.39, 0.29) is 12.1 Å².